The first-order chi connectivity index (χ1) is 13.5. The van der Waals surface area contributed by atoms with Crippen molar-refractivity contribution in [3.63, 3.8) is 0 Å². The van der Waals surface area contributed by atoms with Crippen molar-refractivity contribution in [2.45, 2.75) is 27.2 Å². The van der Waals surface area contributed by atoms with Gasteiger partial charge in [-0.3, -0.25) is 9.36 Å². The van der Waals surface area contributed by atoms with Crippen LogP contribution in [0.3, 0.4) is 0 Å². The molecule has 0 aliphatic rings. The summed E-state index contributed by atoms with van der Waals surface area (Å²) in [4.78, 5) is 25.7. The van der Waals surface area contributed by atoms with Gasteiger partial charge in [0.2, 0.25) is 11.9 Å². The molecule has 0 radical (unpaired) electrons. The molecule has 0 saturated heterocycles. The molecule has 2 aromatic heterocycles. The Morgan fingerprint density at radius 3 is 2.43 bits per heavy atom. The van der Waals surface area contributed by atoms with Crippen LogP contribution in [0.4, 0.5) is 5.69 Å². The number of carbonyl (C=O) groups is 1. The molecule has 0 bridgehead atoms. The summed E-state index contributed by atoms with van der Waals surface area (Å²) in [5.74, 6) is 1.28. The van der Waals surface area contributed by atoms with Crippen molar-refractivity contribution in [3.05, 3.63) is 77.6 Å². The van der Waals surface area contributed by atoms with Crippen LogP contribution in [0.2, 0.25) is 0 Å². The van der Waals surface area contributed by atoms with Crippen LogP contribution < -0.4 is 5.32 Å². The number of carbonyl (C=O) groups excluding carboxylic acids is 1. The predicted octanol–water partition coefficient (Wildman–Crippen LogP) is 3.92. The van der Waals surface area contributed by atoms with Crippen LogP contribution in [0, 0.1) is 20.8 Å². The van der Waals surface area contributed by atoms with Crippen LogP contribution in [0.15, 0.2) is 54.9 Å². The molecular formula is C22H21N5O. The molecule has 140 valence electrons. The molecule has 0 aliphatic heterocycles. The van der Waals surface area contributed by atoms with Crippen LogP contribution in [0.25, 0.3) is 16.7 Å². The largest absolute Gasteiger partial charge is 0.323 e. The van der Waals surface area contributed by atoms with Crippen molar-refractivity contribution in [2.75, 3.05) is 5.32 Å². The lowest BCUT2D eigenvalue weighted by Gasteiger charge is -2.09. The Kier molecular flexibility index (Phi) is 4.61. The zero-order chi connectivity index (χ0) is 19.7. The highest BCUT2D eigenvalue weighted by Gasteiger charge is 2.12. The Hall–Kier alpha value is -3.54. The number of nitrogens with one attached hydrogen (secondary N) is 1. The van der Waals surface area contributed by atoms with Crippen LogP contribution >= 0.6 is 0 Å². The minimum atomic E-state index is -0.0986. The third kappa shape index (κ3) is 3.36. The number of nitrogens with zero attached hydrogens (tertiary/aromatic N) is 4. The Morgan fingerprint density at radius 2 is 1.71 bits per heavy atom. The number of hydrogen-bond donors (Lipinski definition) is 1. The highest BCUT2D eigenvalue weighted by atomic mass is 16.1. The van der Waals surface area contributed by atoms with E-state index in [-0.39, 0.29) is 5.91 Å². The highest BCUT2D eigenvalue weighted by Crippen LogP contribution is 2.20. The molecule has 2 heterocycles. The summed E-state index contributed by atoms with van der Waals surface area (Å²) in [7, 11) is 0. The van der Waals surface area contributed by atoms with Crippen LogP contribution in [-0.4, -0.2) is 25.4 Å². The van der Waals surface area contributed by atoms with Gasteiger partial charge in [-0.1, -0.05) is 42.5 Å². The fourth-order valence-electron chi connectivity index (χ4n) is 3.40. The van der Waals surface area contributed by atoms with E-state index in [1.165, 1.54) is 0 Å². The Morgan fingerprint density at radius 1 is 1.00 bits per heavy atom. The molecule has 6 heteroatoms. The van der Waals surface area contributed by atoms with Gasteiger partial charge in [0.1, 0.15) is 5.82 Å². The fourth-order valence-corrected chi connectivity index (χ4v) is 3.40. The van der Waals surface area contributed by atoms with E-state index >= 15 is 0 Å². The maximum Gasteiger partial charge on any atom is 0.235 e. The van der Waals surface area contributed by atoms with Gasteiger partial charge in [-0.2, -0.15) is 0 Å². The predicted molar refractivity (Wildman–Crippen MR) is 110 cm³/mol. The molecule has 28 heavy (non-hydrogen) atoms. The molecule has 2 aromatic carbocycles. The van der Waals surface area contributed by atoms with E-state index in [2.05, 4.69) is 20.3 Å². The zero-order valence-corrected chi connectivity index (χ0v) is 16.1. The normalized spacial score (nSPS) is 11.0. The number of amides is 1. The summed E-state index contributed by atoms with van der Waals surface area (Å²) in [6, 6.07) is 14.1. The molecule has 0 saturated carbocycles. The van der Waals surface area contributed by atoms with Crippen molar-refractivity contribution in [1.82, 2.24) is 19.5 Å². The van der Waals surface area contributed by atoms with Gasteiger partial charge in [-0.15, -0.1) is 0 Å². The van der Waals surface area contributed by atoms with E-state index in [9.17, 15) is 4.79 Å². The van der Waals surface area contributed by atoms with Crippen molar-refractivity contribution in [1.29, 1.82) is 0 Å². The molecular weight excluding hydrogens is 350 g/mol. The van der Waals surface area contributed by atoms with E-state index in [1.54, 1.807) is 12.4 Å². The number of aromatic nitrogens is 4. The smallest absolute Gasteiger partial charge is 0.235 e. The average Bonchev–Trinajstić information content (AvgIpc) is 2.94. The number of imidazole rings is 1. The van der Waals surface area contributed by atoms with Crippen molar-refractivity contribution in [2.24, 2.45) is 0 Å². The number of aryl methyl sites for hydroxylation is 2. The SMILES string of the molecule is Cc1nc(C)n(-c2ncc(NC(=O)Cc3cccc4ccccc34)cn2)c1C. The van der Waals surface area contributed by atoms with Crippen LogP contribution in [-0.2, 0) is 11.2 Å². The topological polar surface area (TPSA) is 72.7 Å². The molecule has 0 fully saturated rings. The summed E-state index contributed by atoms with van der Waals surface area (Å²) >= 11 is 0. The standard InChI is InChI=1S/C22H21N5O/c1-14-15(2)27(16(3)25-14)22-23-12-19(13-24-22)26-21(28)11-18-9-6-8-17-7-4-5-10-20(17)18/h4-10,12-13H,11H2,1-3H3,(H,26,28). The maximum absolute atomic E-state index is 12.5. The van der Waals surface area contributed by atoms with Crippen molar-refractivity contribution in [3.8, 4) is 5.95 Å². The molecule has 0 spiro atoms. The van der Waals surface area contributed by atoms with Gasteiger partial charge in [-0.25, -0.2) is 15.0 Å². The van der Waals surface area contributed by atoms with E-state index in [4.69, 9.17) is 0 Å². The maximum atomic E-state index is 12.5. The summed E-state index contributed by atoms with van der Waals surface area (Å²) < 4.78 is 1.90. The van der Waals surface area contributed by atoms with Gasteiger partial charge in [0, 0.05) is 5.69 Å². The first-order valence-corrected chi connectivity index (χ1v) is 9.14. The molecule has 6 nitrogen and oxygen atoms in total. The Bertz CT molecular complexity index is 1160. The van der Waals surface area contributed by atoms with E-state index in [0.717, 1.165) is 33.5 Å². The molecule has 0 atom stereocenters. The minimum Gasteiger partial charge on any atom is -0.323 e. The Balaban J connectivity index is 1.51. The van der Waals surface area contributed by atoms with Gasteiger partial charge in [0.05, 0.1) is 30.2 Å². The lowest BCUT2D eigenvalue weighted by molar-refractivity contribution is -0.115. The molecule has 0 unspecified atom stereocenters. The van der Waals surface area contributed by atoms with Crippen molar-refractivity contribution < 1.29 is 4.79 Å². The number of fused-ring (bicyclic) bond motifs is 1. The summed E-state index contributed by atoms with van der Waals surface area (Å²) in [5.41, 5.74) is 3.52. The number of benzene rings is 2. The van der Waals surface area contributed by atoms with E-state index in [1.807, 2.05) is 67.8 Å². The zero-order valence-electron chi connectivity index (χ0n) is 16.1. The first kappa shape index (κ1) is 17.9. The molecule has 4 rings (SSSR count). The number of hydrogen-bond acceptors (Lipinski definition) is 4. The average molecular weight is 371 g/mol. The van der Waals surface area contributed by atoms with Crippen LogP contribution in [0.5, 0.6) is 0 Å². The second-order valence-electron chi connectivity index (χ2n) is 6.80. The second-order valence-corrected chi connectivity index (χ2v) is 6.80. The summed E-state index contributed by atoms with van der Waals surface area (Å²) in [6.45, 7) is 5.86. The third-order valence-corrected chi connectivity index (χ3v) is 4.87. The van der Waals surface area contributed by atoms with E-state index < -0.39 is 0 Å². The van der Waals surface area contributed by atoms with Gasteiger partial charge in [0.25, 0.3) is 0 Å². The second kappa shape index (κ2) is 7.23. The highest BCUT2D eigenvalue weighted by molar-refractivity contribution is 5.96. The number of anilines is 1. The third-order valence-electron chi connectivity index (χ3n) is 4.87. The summed E-state index contributed by atoms with van der Waals surface area (Å²) in [5, 5.41) is 5.10. The van der Waals surface area contributed by atoms with Gasteiger partial charge in [-0.05, 0) is 37.1 Å². The minimum absolute atomic E-state index is 0.0986. The molecule has 4 aromatic rings. The first-order valence-electron chi connectivity index (χ1n) is 9.14. The van der Waals surface area contributed by atoms with Gasteiger partial charge < -0.3 is 5.32 Å². The molecule has 1 amide bonds. The molecule has 0 aliphatic carbocycles. The summed E-state index contributed by atoms with van der Waals surface area (Å²) in [6.07, 6.45) is 3.54. The lowest BCUT2D eigenvalue weighted by atomic mass is 10.0. The number of rotatable bonds is 4. The van der Waals surface area contributed by atoms with E-state index in [0.29, 0.717) is 18.1 Å². The monoisotopic (exact) mass is 371 g/mol. The van der Waals surface area contributed by atoms with Gasteiger partial charge in [0.15, 0.2) is 0 Å². The lowest BCUT2D eigenvalue weighted by Crippen LogP contribution is -2.15. The molecule has 1 N–H and O–H groups in total. The fraction of sp³-hybridized carbons (Fsp3) is 0.182. The van der Waals surface area contributed by atoms with Crippen molar-refractivity contribution >= 4 is 22.4 Å². The quantitative estimate of drug-likeness (QED) is 0.590. The Labute approximate surface area is 163 Å². The van der Waals surface area contributed by atoms with Crippen LogP contribution in [0.1, 0.15) is 22.8 Å². The van der Waals surface area contributed by atoms with Gasteiger partial charge >= 0.3 is 0 Å².